The molecule has 1 N–H and O–H groups in total. The summed E-state index contributed by atoms with van der Waals surface area (Å²) < 4.78 is 17.3. The monoisotopic (exact) mass is 317 g/mol. The lowest BCUT2D eigenvalue weighted by Gasteiger charge is -2.53. The highest BCUT2D eigenvalue weighted by atomic mass is 19.1. The van der Waals surface area contributed by atoms with Crippen LogP contribution in [-0.4, -0.2) is 38.7 Å². The third kappa shape index (κ3) is 2.19. The molecular weight excluding hydrogens is 297 g/mol. The normalized spacial score (nSPS) is 22.3. The second kappa shape index (κ2) is 4.69. The number of halogens is 1. The average Bonchev–Trinajstić information content (AvgIpc) is 2.87. The van der Waals surface area contributed by atoms with Gasteiger partial charge in [0.05, 0.1) is 5.69 Å². The molecule has 1 saturated heterocycles. The van der Waals surface area contributed by atoms with E-state index in [1.165, 1.54) is 4.90 Å². The highest BCUT2D eigenvalue weighted by molar-refractivity contribution is 5.76. The van der Waals surface area contributed by atoms with Gasteiger partial charge in [-0.25, -0.2) is 14.2 Å². The number of likely N-dealkylation sites (tertiary alicyclic amines) is 1. The highest BCUT2D eigenvalue weighted by Crippen LogP contribution is 2.51. The van der Waals surface area contributed by atoms with Crippen molar-refractivity contribution in [3.05, 3.63) is 30.1 Å². The van der Waals surface area contributed by atoms with E-state index in [4.69, 9.17) is 5.11 Å². The van der Waals surface area contributed by atoms with E-state index in [2.05, 4.69) is 4.98 Å². The average molecular weight is 317 g/mol. The standard InChI is InChI=1S/C17H20FN3O2/c1-20-9-4-12-2-3-13(19-14(12)20)17(18)7-5-16(6-8-17)10-21(11-16)15(22)23/h2-4,9H,5-8,10-11H2,1H3,(H,22,23). The topological polar surface area (TPSA) is 58.4 Å². The SMILES string of the molecule is Cn1ccc2ccc(C3(F)CCC4(CC3)CN(C(=O)O)C4)nc21. The van der Waals surface area contributed by atoms with Crippen LogP contribution in [0.4, 0.5) is 9.18 Å². The molecule has 23 heavy (non-hydrogen) atoms. The fourth-order valence-electron chi connectivity index (χ4n) is 4.03. The molecule has 1 aliphatic carbocycles. The second-order valence-corrected chi connectivity index (χ2v) is 7.14. The van der Waals surface area contributed by atoms with Crippen molar-refractivity contribution in [2.75, 3.05) is 13.1 Å². The fourth-order valence-corrected chi connectivity index (χ4v) is 4.03. The van der Waals surface area contributed by atoms with E-state index in [1.807, 2.05) is 29.9 Å². The molecule has 0 aromatic carbocycles. The van der Waals surface area contributed by atoms with Gasteiger partial charge in [0.1, 0.15) is 5.65 Å². The summed E-state index contributed by atoms with van der Waals surface area (Å²) in [6, 6.07) is 5.70. The van der Waals surface area contributed by atoms with Crippen molar-refractivity contribution in [1.82, 2.24) is 14.5 Å². The third-order valence-corrected chi connectivity index (χ3v) is 5.60. The van der Waals surface area contributed by atoms with Gasteiger partial charge < -0.3 is 14.6 Å². The van der Waals surface area contributed by atoms with Gasteiger partial charge in [0, 0.05) is 37.1 Å². The molecule has 5 nitrogen and oxygen atoms in total. The molecule has 3 heterocycles. The van der Waals surface area contributed by atoms with Gasteiger partial charge in [-0.3, -0.25) is 0 Å². The number of aromatic nitrogens is 2. The van der Waals surface area contributed by atoms with Gasteiger partial charge in [-0.1, -0.05) is 0 Å². The number of amides is 1. The summed E-state index contributed by atoms with van der Waals surface area (Å²) in [5.41, 5.74) is -0.0901. The van der Waals surface area contributed by atoms with E-state index in [-0.39, 0.29) is 5.41 Å². The van der Waals surface area contributed by atoms with E-state index in [0.29, 0.717) is 31.6 Å². The van der Waals surface area contributed by atoms with Gasteiger partial charge in [0.2, 0.25) is 0 Å². The molecule has 2 aromatic heterocycles. The highest BCUT2D eigenvalue weighted by Gasteiger charge is 2.51. The first-order valence-corrected chi connectivity index (χ1v) is 8.00. The summed E-state index contributed by atoms with van der Waals surface area (Å²) in [6.07, 6.45) is 3.34. The Morgan fingerprint density at radius 2 is 1.91 bits per heavy atom. The number of aryl methyl sites for hydroxylation is 1. The van der Waals surface area contributed by atoms with Crippen LogP contribution in [-0.2, 0) is 12.7 Å². The van der Waals surface area contributed by atoms with Crippen LogP contribution < -0.4 is 0 Å². The van der Waals surface area contributed by atoms with Gasteiger partial charge in [0.25, 0.3) is 0 Å². The third-order valence-electron chi connectivity index (χ3n) is 5.60. The van der Waals surface area contributed by atoms with Crippen LogP contribution in [0.5, 0.6) is 0 Å². The van der Waals surface area contributed by atoms with Crippen LogP contribution in [0, 0.1) is 5.41 Å². The van der Waals surface area contributed by atoms with E-state index in [1.54, 1.807) is 6.07 Å². The number of hydrogen-bond donors (Lipinski definition) is 1. The first kappa shape index (κ1) is 14.5. The maximum Gasteiger partial charge on any atom is 0.407 e. The van der Waals surface area contributed by atoms with Crippen LogP contribution in [0.3, 0.4) is 0 Å². The number of carboxylic acid groups (broad SMARTS) is 1. The quantitative estimate of drug-likeness (QED) is 0.878. The minimum Gasteiger partial charge on any atom is -0.465 e. The lowest BCUT2D eigenvalue weighted by Crippen LogP contribution is -2.60. The number of nitrogens with zero attached hydrogens (tertiary/aromatic N) is 3. The van der Waals surface area contributed by atoms with E-state index < -0.39 is 11.8 Å². The van der Waals surface area contributed by atoms with Crippen molar-refractivity contribution < 1.29 is 14.3 Å². The number of carbonyl (C=O) groups is 1. The lowest BCUT2D eigenvalue weighted by molar-refractivity contribution is -0.0561. The molecule has 2 aromatic rings. The summed E-state index contributed by atoms with van der Waals surface area (Å²) >= 11 is 0. The Bertz CT molecular complexity index is 769. The zero-order valence-electron chi connectivity index (χ0n) is 13.1. The second-order valence-electron chi connectivity index (χ2n) is 7.14. The van der Waals surface area contributed by atoms with Gasteiger partial charge in [-0.05, 0) is 43.9 Å². The summed E-state index contributed by atoms with van der Waals surface area (Å²) in [7, 11) is 1.91. The van der Waals surface area contributed by atoms with Gasteiger partial charge in [-0.2, -0.15) is 0 Å². The number of pyridine rings is 1. The first-order valence-electron chi connectivity index (χ1n) is 8.00. The Labute approximate surface area is 133 Å². The molecule has 6 heteroatoms. The molecule has 1 aliphatic heterocycles. The van der Waals surface area contributed by atoms with Crippen LogP contribution in [0.1, 0.15) is 31.4 Å². The van der Waals surface area contributed by atoms with Crippen molar-refractivity contribution >= 4 is 17.1 Å². The van der Waals surface area contributed by atoms with E-state index in [9.17, 15) is 4.79 Å². The smallest absolute Gasteiger partial charge is 0.407 e. The zero-order valence-corrected chi connectivity index (χ0v) is 13.1. The van der Waals surface area contributed by atoms with Crippen LogP contribution in [0.2, 0.25) is 0 Å². The van der Waals surface area contributed by atoms with Gasteiger partial charge >= 0.3 is 6.09 Å². The maximum atomic E-state index is 15.4. The minimum atomic E-state index is -1.40. The molecule has 2 fully saturated rings. The Morgan fingerprint density at radius 3 is 2.57 bits per heavy atom. The Morgan fingerprint density at radius 1 is 1.22 bits per heavy atom. The van der Waals surface area contributed by atoms with Crippen molar-refractivity contribution in [2.45, 2.75) is 31.4 Å². The fraction of sp³-hybridized carbons (Fsp3) is 0.529. The number of rotatable bonds is 1. The summed E-state index contributed by atoms with van der Waals surface area (Å²) in [4.78, 5) is 16.9. The molecule has 0 bridgehead atoms. The van der Waals surface area contributed by atoms with Crippen LogP contribution >= 0.6 is 0 Å². The summed E-state index contributed by atoms with van der Waals surface area (Å²) in [5, 5.41) is 9.99. The Hall–Kier alpha value is -2.11. The predicted molar refractivity (Wildman–Crippen MR) is 84.0 cm³/mol. The van der Waals surface area contributed by atoms with E-state index in [0.717, 1.165) is 23.9 Å². The number of fused-ring (bicyclic) bond motifs is 1. The first-order chi connectivity index (χ1) is 10.9. The molecule has 0 atom stereocenters. The molecule has 0 radical (unpaired) electrons. The Balaban J connectivity index is 1.53. The molecule has 122 valence electrons. The zero-order chi connectivity index (χ0) is 16.2. The Kier molecular flexibility index (Phi) is 2.95. The molecule has 1 saturated carbocycles. The van der Waals surface area contributed by atoms with Crippen LogP contribution in [0.15, 0.2) is 24.4 Å². The largest absolute Gasteiger partial charge is 0.465 e. The molecular formula is C17H20FN3O2. The van der Waals surface area contributed by atoms with Crippen molar-refractivity contribution in [1.29, 1.82) is 0 Å². The predicted octanol–water partition coefficient (Wildman–Crippen LogP) is 3.29. The minimum absolute atomic E-state index is 0.0109. The summed E-state index contributed by atoms with van der Waals surface area (Å²) in [5.74, 6) is 0. The molecule has 1 amide bonds. The van der Waals surface area contributed by atoms with Crippen molar-refractivity contribution in [3.63, 3.8) is 0 Å². The van der Waals surface area contributed by atoms with Gasteiger partial charge in [0.15, 0.2) is 5.67 Å². The molecule has 2 aliphatic rings. The van der Waals surface area contributed by atoms with E-state index >= 15 is 4.39 Å². The summed E-state index contributed by atoms with van der Waals surface area (Å²) in [6.45, 7) is 1.09. The van der Waals surface area contributed by atoms with Gasteiger partial charge in [-0.15, -0.1) is 0 Å². The number of hydrogen-bond acceptors (Lipinski definition) is 2. The molecule has 1 spiro atoms. The maximum absolute atomic E-state index is 15.4. The molecule has 0 unspecified atom stereocenters. The van der Waals surface area contributed by atoms with Crippen molar-refractivity contribution in [3.8, 4) is 0 Å². The van der Waals surface area contributed by atoms with Crippen LogP contribution in [0.25, 0.3) is 11.0 Å². The lowest BCUT2D eigenvalue weighted by atomic mass is 9.64. The number of alkyl halides is 1. The van der Waals surface area contributed by atoms with Crippen molar-refractivity contribution in [2.24, 2.45) is 12.5 Å². The molecule has 4 rings (SSSR count).